The molecule has 5 aromatic carbocycles. The summed E-state index contributed by atoms with van der Waals surface area (Å²) in [5.41, 5.74) is 9.65. The predicted octanol–water partition coefficient (Wildman–Crippen LogP) is 9.14. The molecule has 0 aliphatic heterocycles. The molecule has 0 bridgehead atoms. The lowest BCUT2D eigenvalue weighted by Crippen LogP contribution is -2.02. The number of rotatable bonds is 5. The maximum absolute atomic E-state index is 8.83. The minimum atomic E-state index is 0.220. The first kappa shape index (κ1) is 23.4. The first-order chi connectivity index (χ1) is 18.6. The zero-order chi connectivity index (χ0) is 26.1. The second-order valence-electron chi connectivity index (χ2n) is 9.42. The van der Waals surface area contributed by atoms with Gasteiger partial charge in [0.15, 0.2) is 5.84 Å². The molecule has 2 N–H and O–H groups in total. The Hall–Kier alpha value is -4.96. The van der Waals surface area contributed by atoms with Crippen LogP contribution in [-0.2, 0) is 0 Å². The Morgan fingerprint density at radius 1 is 0.737 bits per heavy atom. The largest absolute Gasteiger partial charge is 0.456 e. The van der Waals surface area contributed by atoms with Gasteiger partial charge in [0.2, 0.25) is 0 Å². The summed E-state index contributed by atoms with van der Waals surface area (Å²) >= 11 is 0. The molecular formula is C34H27N3O. The molecule has 0 saturated heterocycles. The number of fused-ring (bicyclic) bond motifs is 3. The quantitative estimate of drug-likeness (QED) is 0.186. The van der Waals surface area contributed by atoms with Crippen LogP contribution in [0.3, 0.4) is 0 Å². The van der Waals surface area contributed by atoms with E-state index in [1.165, 1.54) is 0 Å². The Labute approximate surface area is 221 Å². The number of aliphatic imine (C=N–C) groups is 1. The van der Waals surface area contributed by atoms with E-state index >= 15 is 0 Å². The van der Waals surface area contributed by atoms with Crippen molar-refractivity contribution in [3.63, 3.8) is 0 Å². The Kier molecular flexibility index (Phi) is 6.06. The molecular weight excluding hydrogens is 466 g/mol. The standard InChI is InChI=1S/C34H27N3O/c1-22-20-25(16-18-30(22)37-27-12-7-4-8-13-27)26-17-19-31-29(21-26)33-28(14-9-15-32(33)38-31)34(35)36-23(2)24-10-5-3-6-11-24/h3-21,35,37H,1-2H3/b35-34?,36-23+. The van der Waals surface area contributed by atoms with Gasteiger partial charge in [-0.15, -0.1) is 0 Å². The Morgan fingerprint density at radius 2 is 1.45 bits per heavy atom. The van der Waals surface area contributed by atoms with Crippen LogP contribution in [-0.4, -0.2) is 11.5 Å². The van der Waals surface area contributed by atoms with Crippen LogP contribution >= 0.6 is 0 Å². The third-order valence-electron chi connectivity index (χ3n) is 6.83. The molecule has 6 aromatic rings. The number of amidine groups is 1. The molecule has 1 aromatic heterocycles. The molecule has 38 heavy (non-hydrogen) atoms. The first-order valence-corrected chi connectivity index (χ1v) is 12.6. The van der Waals surface area contributed by atoms with Crippen LogP contribution in [0.4, 0.5) is 11.4 Å². The van der Waals surface area contributed by atoms with Gasteiger partial charge in [-0.05, 0) is 78.6 Å². The highest BCUT2D eigenvalue weighted by atomic mass is 16.3. The highest BCUT2D eigenvalue weighted by Gasteiger charge is 2.15. The molecule has 0 atom stereocenters. The minimum absolute atomic E-state index is 0.220. The molecule has 0 aliphatic carbocycles. The van der Waals surface area contributed by atoms with Gasteiger partial charge in [0, 0.05) is 33.4 Å². The summed E-state index contributed by atoms with van der Waals surface area (Å²) < 4.78 is 6.18. The van der Waals surface area contributed by atoms with E-state index in [-0.39, 0.29) is 5.84 Å². The first-order valence-electron chi connectivity index (χ1n) is 12.6. The van der Waals surface area contributed by atoms with Crippen LogP contribution in [0.1, 0.15) is 23.6 Å². The number of aryl methyl sites for hydroxylation is 1. The number of anilines is 2. The van der Waals surface area contributed by atoms with Gasteiger partial charge in [0.1, 0.15) is 11.2 Å². The zero-order valence-electron chi connectivity index (χ0n) is 21.3. The van der Waals surface area contributed by atoms with Crippen molar-refractivity contribution in [2.45, 2.75) is 13.8 Å². The summed E-state index contributed by atoms with van der Waals surface area (Å²) in [5, 5.41) is 14.2. The van der Waals surface area contributed by atoms with Crippen molar-refractivity contribution in [1.82, 2.24) is 0 Å². The van der Waals surface area contributed by atoms with E-state index in [0.717, 1.165) is 66.8 Å². The fourth-order valence-corrected chi connectivity index (χ4v) is 4.84. The van der Waals surface area contributed by atoms with Gasteiger partial charge < -0.3 is 9.73 Å². The van der Waals surface area contributed by atoms with Crippen molar-refractivity contribution in [3.8, 4) is 11.1 Å². The Bertz CT molecular complexity index is 1820. The molecule has 184 valence electrons. The number of furan rings is 1. The van der Waals surface area contributed by atoms with Crippen molar-refractivity contribution in [2.75, 3.05) is 5.32 Å². The summed E-state index contributed by atoms with van der Waals surface area (Å²) in [6.07, 6.45) is 0. The zero-order valence-corrected chi connectivity index (χ0v) is 21.3. The highest BCUT2D eigenvalue weighted by Crippen LogP contribution is 2.35. The molecule has 4 heteroatoms. The molecule has 0 amide bonds. The van der Waals surface area contributed by atoms with Crippen LogP contribution in [0, 0.1) is 12.3 Å². The lowest BCUT2D eigenvalue weighted by Gasteiger charge is -2.12. The number of hydrogen-bond donors (Lipinski definition) is 2. The van der Waals surface area contributed by atoms with E-state index in [9.17, 15) is 0 Å². The average Bonchev–Trinajstić information content (AvgIpc) is 3.33. The van der Waals surface area contributed by atoms with Crippen molar-refractivity contribution in [2.24, 2.45) is 4.99 Å². The van der Waals surface area contributed by atoms with Crippen molar-refractivity contribution >= 4 is 44.9 Å². The third-order valence-corrected chi connectivity index (χ3v) is 6.83. The molecule has 0 unspecified atom stereocenters. The topological polar surface area (TPSA) is 61.4 Å². The van der Waals surface area contributed by atoms with Crippen LogP contribution in [0.25, 0.3) is 33.1 Å². The SMILES string of the molecule is C/C(=N\C(=N)c1cccc2oc3ccc(-c4ccc(Nc5ccccc5)c(C)c4)cc3c12)c1ccccc1. The Balaban J connectivity index is 1.39. The number of hydrogen-bond acceptors (Lipinski definition) is 3. The number of para-hydroxylation sites is 1. The summed E-state index contributed by atoms with van der Waals surface area (Å²) in [6.45, 7) is 4.06. The Morgan fingerprint density at radius 3 is 2.21 bits per heavy atom. The van der Waals surface area contributed by atoms with E-state index in [0.29, 0.717) is 0 Å². The van der Waals surface area contributed by atoms with E-state index in [1.54, 1.807) is 0 Å². The van der Waals surface area contributed by atoms with Crippen molar-refractivity contribution in [3.05, 3.63) is 132 Å². The highest BCUT2D eigenvalue weighted by molar-refractivity contribution is 6.20. The predicted molar refractivity (Wildman–Crippen MR) is 159 cm³/mol. The normalized spacial score (nSPS) is 11.7. The van der Waals surface area contributed by atoms with Gasteiger partial charge >= 0.3 is 0 Å². The molecule has 1 heterocycles. The third kappa shape index (κ3) is 4.48. The van der Waals surface area contributed by atoms with E-state index in [4.69, 9.17) is 9.83 Å². The van der Waals surface area contributed by atoms with E-state index < -0.39 is 0 Å². The fourth-order valence-electron chi connectivity index (χ4n) is 4.84. The summed E-state index contributed by atoms with van der Waals surface area (Å²) in [5.74, 6) is 0.220. The molecule has 0 radical (unpaired) electrons. The number of nitrogens with one attached hydrogen (secondary N) is 2. The molecule has 0 aliphatic rings. The molecule has 0 saturated carbocycles. The smallest absolute Gasteiger partial charge is 0.152 e. The monoisotopic (exact) mass is 493 g/mol. The number of nitrogens with zero attached hydrogens (tertiary/aromatic N) is 1. The molecule has 6 rings (SSSR count). The van der Waals surface area contributed by atoms with Crippen LogP contribution in [0.15, 0.2) is 125 Å². The van der Waals surface area contributed by atoms with E-state index in [1.807, 2.05) is 79.7 Å². The number of benzene rings is 5. The molecule has 4 nitrogen and oxygen atoms in total. The van der Waals surface area contributed by atoms with Gasteiger partial charge in [-0.25, -0.2) is 4.99 Å². The van der Waals surface area contributed by atoms with Crippen LogP contribution in [0.5, 0.6) is 0 Å². The summed E-state index contributed by atoms with van der Waals surface area (Å²) in [4.78, 5) is 4.64. The lowest BCUT2D eigenvalue weighted by molar-refractivity contribution is 0.669. The maximum Gasteiger partial charge on any atom is 0.152 e. The second kappa shape index (κ2) is 9.83. The fraction of sp³-hybridized carbons (Fsp3) is 0.0588. The van der Waals surface area contributed by atoms with E-state index in [2.05, 4.69) is 59.7 Å². The van der Waals surface area contributed by atoms with Crippen molar-refractivity contribution in [1.29, 1.82) is 5.41 Å². The lowest BCUT2D eigenvalue weighted by atomic mass is 9.99. The van der Waals surface area contributed by atoms with Crippen LogP contribution < -0.4 is 5.32 Å². The summed E-state index contributed by atoms with van der Waals surface area (Å²) in [7, 11) is 0. The van der Waals surface area contributed by atoms with Gasteiger partial charge in [-0.2, -0.15) is 0 Å². The maximum atomic E-state index is 8.83. The van der Waals surface area contributed by atoms with Gasteiger partial charge in [0.05, 0.1) is 0 Å². The van der Waals surface area contributed by atoms with Gasteiger partial charge in [-0.1, -0.05) is 72.8 Å². The molecule has 0 fully saturated rings. The average molecular weight is 494 g/mol. The molecule has 0 spiro atoms. The second-order valence-corrected chi connectivity index (χ2v) is 9.42. The van der Waals surface area contributed by atoms with Gasteiger partial charge in [0.25, 0.3) is 0 Å². The summed E-state index contributed by atoms with van der Waals surface area (Å²) in [6, 6.07) is 38.7. The minimum Gasteiger partial charge on any atom is -0.456 e. The van der Waals surface area contributed by atoms with Crippen LogP contribution in [0.2, 0.25) is 0 Å². The van der Waals surface area contributed by atoms with Gasteiger partial charge in [-0.3, -0.25) is 5.41 Å². The van der Waals surface area contributed by atoms with Crippen molar-refractivity contribution < 1.29 is 4.42 Å².